The summed E-state index contributed by atoms with van der Waals surface area (Å²) < 4.78 is 7.96. The van der Waals surface area contributed by atoms with Gasteiger partial charge < -0.3 is 20.3 Å². The van der Waals surface area contributed by atoms with E-state index in [0.717, 1.165) is 0 Å². The maximum Gasteiger partial charge on any atom is 0.638 e. The Bertz CT molecular complexity index is 1280. The number of amides is 1. The number of methoxy groups -OCH3 is 1. The van der Waals surface area contributed by atoms with Crippen molar-refractivity contribution in [1.82, 2.24) is 0 Å². The van der Waals surface area contributed by atoms with Crippen LogP contribution in [-0.2, 0) is 11.3 Å². The molecule has 3 N–H and O–H groups in total. The third-order valence-corrected chi connectivity index (χ3v) is 5.11. The molecule has 0 saturated heterocycles. The zero-order chi connectivity index (χ0) is 22.0. The van der Waals surface area contributed by atoms with Crippen LogP contribution in [-0.4, -0.2) is 23.2 Å². The van der Waals surface area contributed by atoms with Gasteiger partial charge in [0.15, 0.2) is 5.39 Å². The Morgan fingerprint density at radius 1 is 1.00 bits per heavy atom. The van der Waals surface area contributed by atoms with Gasteiger partial charge in [-0.3, -0.25) is 4.79 Å². The van der Waals surface area contributed by atoms with Gasteiger partial charge in [-0.25, -0.2) is 0 Å². The predicted octanol–water partition coefficient (Wildman–Crippen LogP) is 3.12. The van der Waals surface area contributed by atoms with Crippen molar-refractivity contribution in [3.8, 4) is 23.3 Å². The average Bonchev–Trinajstić information content (AvgIpc) is 2.78. The average molecular weight is 438 g/mol. The summed E-state index contributed by atoms with van der Waals surface area (Å²) in [7, 11) is 1.52. The fourth-order valence-corrected chi connectivity index (χ4v) is 3.53. The highest BCUT2D eigenvalue weighted by Crippen LogP contribution is 2.25. The van der Waals surface area contributed by atoms with Crippen LogP contribution in [0.4, 0.5) is 5.69 Å². The molecular weight excluding hydrogens is 418 g/mol. The number of nitrogens with zero attached hydrogens (tertiary/aromatic N) is 2. The maximum atomic E-state index is 12.8. The van der Waals surface area contributed by atoms with Crippen LogP contribution in [0.1, 0.15) is 0 Å². The van der Waals surface area contributed by atoms with Crippen LogP contribution < -0.4 is 19.2 Å². The number of ether oxygens (including phenoxy) is 1. The van der Waals surface area contributed by atoms with Gasteiger partial charge in [0.05, 0.1) is 12.8 Å². The van der Waals surface area contributed by atoms with Gasteiger partial charge in [0.1, 0.15) is 5.75 Å². The van der Waals surface area contributed by atoms with Crippen molar-refractivity contribution in [2.45, 2.75) is 6.54 Å². The number of carbonyl (C=O) groups excluding carboxylic acids is 1. The van der Waals surface area contributed by atoms with Gasteiger partial charge in [0.25, 0.3) is 5.91 Å². The number of para-hydroxylation sites is 3. The molecule has 4 aromatic rings. The summed E-state index contributed by atoms with van der Waals surface area (Å²) in [5.41, 5.74) is 1.51. The van der Waals surface area contributed by atoms with Crippen LogP contribution in [0.25, 0.3) is 16.6 Å². The Morgan fingerprint density at radius 2 is 1.68 bits per heavy atom. The third-order valence-electron chi connectivity index (χ3n) is 4.86. The standard InChI is InChI=1S/C23H18ClN3O4/c1-31-20-9-5-3-7-18(20)25-21(28)14-26-19-8-4-2-6-17(19)22(29)27(23(26)30)16-12-10-15(24)11-13-16/h2-13H,14H2,1H3,(H,25,28)/p+2. The van der Waals surface area contributed by atoms with Crippen LogP contribution in [0.3, 0.4) is 0 Å². The van der Waals surface area contributed by atoms with E-state index in [1.54, 1.807) is 72.8 Å². The molecule has 1 amide bonds. The largest absolute Gasteiger partial charge is 0.638 e. The van der Waals surface area contributed by atoms with Gasteiger partial charge in [0, 0.05) is 23.2 Å². The number of hydrogen-bond acceptors (Lipinski definition) is 4. The molecule has 1 aromatic heterocycles. The van der Waals surface area contributed by atoms with Crippen molar-refractivity contribution in [1.29, 1.82) is 0 Å². The fraction of sp³-hybridized carbons (Fsp3) is 0.0870. The van der Waals surface area contributed by atoms with E-state index in [1.807, 2.05) is 0 Å². The Hall–Kier alpha value is -3.84. The first-order chi connectivity index (χ1) is 15.0. The molecule has 0 bridgehead atoms. The van der Waals surface area contributed by atoms with Gasteiger partial charge >= 0.3 is 11.9 Å². The lowest BCUT2D eigenvalue weighted by molar-refractivity contribution is -0.774. The molecule has 4 rings (SSSR count). The molecule has 0 radical (unpaired) electrons. The molecule has 31 heavy (non-hydrogen) atoms. The van der Waals surface area contributed by atoms with Crippen molar-refractivity contribution < 1.29 is 28.9 Å². The summed E-state index contributed by atoms with van der Waals surface area (Å²) in [6.45, 7) is -0.196. The lowest BCUT2D eigenvalue weighted by atomic mass is 10.2. The molecule has 1 heterocycles. The molecule has 8 heteroatoms. The lowest BCUT2D eigenvalue weighted by Crippen LogP contribution is -2.49. The molecule has 0 saturated carbocycles. The quantitative estimate of drug-likeness (QED) is 0.419. The number of anilines is 1. The first-order valence-corrected chi connectivity index (χ1v) is 9.84. The van der Waals surface area contributed by atoms with Crippen LogP contribution in [0.5, 0.6) is 17.6 Å². The molecular formula is C23H20ClN3O4+2. The summed E-state index contributed by atoms with van der Waals surface area (Å²) in [5, 5.41) is 25.7. The number of hydrogen-bond donors (Lipinski definition) is 3. The molecule has 3 aromatic carbocycles. The summed E-state index contributed by atoms with van der Waals surface area (Å²) in [6, 6.07) is 20.3. The molecule has 0 atom stereocenters. The molecule has 0 aliphatic heterocycles. The first kappa shape index (κ1) is 20.4. The van der Waals surface area contributed by atoms with Gasteiger partial charge in [-0.15, -0.1) is 0 Å². The number of nitrogens with one attached hydrogen (secondary N) is 1. The van der Waals surface area contributed by atoms with E-state index in [-0.39, 0.29) is 24.3 Å². The van der Waals surface area contributed by atoms with Crippen molar-refractivity contribution in [2.24, 2.45) is 0 Å². The van der Waals surface area contributed by atoms with Crippen LogP contribution in [0, 0.1) is 0 Å². The summed E-state index contributed by atoms with van der Waals surface area (Å²) >= 11 is 5.97. The highest BCUT2D eigenvalue weighted by molar-refractivity contribution is 6.30. The molecule has 0 aliphatic rings. The number of carbonyl (C=O) groups is 1. The van der Waals surface area contributed by atoms with E-state index >= 15 is 0 Å². The van der Waals surface area contributed by atoms with Gasteiger partial charge in [-0.1, -0.05) is 40.4 Å². The Kier molecular flexibility index (Phi) is 5.60. The lowest BCUT2D eigenvalue weighted by Gasteiger charge is -2.09. The second-order valence-electron chi connectivity index (χ2n) is 6.79. The zero-order valence-electron chi connectivity index (χ0n) is 16.6. The summed E-state index contributed by atoms with van der Waals surface area (Å²) in [6.07, 6.45) is 0. The van der Waals surface area contributed by atoms with Crippen molar-refractivity contribution in [2.75, 3.05) is 12.4 Å². The number of halogens is 1. The Balaban J connectivity index is 1.80. The molecule has 7 nitrogen and oxygen atoms in total. The van der Waals surface area contributed by atoms with E-state index in [0.29, 0.717) is 33.0 Å². The first-order valence-electron chi connectivity index (χ1n) is 9.47. The highest BCUT2D eigenvalue weighted by atomic mass is 35.5. The Morgan fingerprint density at radius 3 is 2.42 bits per heavy atom. The summed E-state index contributed by atoms with van der Waals surface area (Å²) in [5.74, 6) is -0.00280. The SMILES string of the molecule is COc1ccccc1NC(=O)C[n+]1c(O)[n+](-c2ccc(Cl)cc2)c(O)c2ccccc21. The number of benzene rings is 3. The predicted molar refractivity (Wildman–Crippen MR) is 116 cm³/mol. The second kappa shape index (κ2) is 8.49. The maximum absolute atomic E-state index is 12.8. The van der Waals surface area contributed by atoms with Crippen molar-refractivity contribution in [3.05, 3.63) is 77.8 Å². The number of aromatic nitrogens is 2. The van der Waals surface area contributed by atoms with E-state index in [1.165, 1.54) is 16.2 Å². The smallest absolute Gasteiger partial charge is 0.495 e. The molecule has 0 fully saturated rings. The van der Waals surface area contributed by atoms with E-state index < -0.39 is 0 Å². The van der Waals surface area contributed by atoms with Crippen LogP contribution >= 0.6 is 11.6 Å². The van der Waals surface area contributed by atoms with E-state index in [2.05, 4.69) is 5.32 Å². The Labute approximate surface area is 183 Å². The minimum Gasteiger partial charge on any atom is -0.495 e. The number of fused-ring (bicyclic) bond motifs is 1. The van der Waals surface area contributed by atoms with E-state index in [9.17, 15) is 15.0 Å². The molecule has 0 unspecified atom stereocenters. The molecule has 0 spiro atoms. The second-order valence-corrected chi connectivity index (χ2v) is 7.22. The monoisotopic (exact) mass is 437 g/mol. The molecule has 156 valence electrons. The van der Waals surface area contributed by atoms with Gasteiger partial charge in [-0.2, -0.15) is 0 Å². The minimum absolute atomic E-state index is 0.156. The van der Waals surface area contributed by atoms with Crippen LogP contribution in [0.2, 0.25) is 5.02 Å². The normalized spacial score (nSPS) is 10.8. The number of aromatic hydroxyl groups is 2. The van der Waals surface area contributed by atoms with Crippen LogP contribution in [0.15, 0.2) is 72.8 Å². The molecule has 0 aliphatic carbocycles. The highest BCUT2D eigenvalue weighted by Gasteiger charge is 2.36. The minimum atomic E-state index is -0.372. The summed E-state index contributed by atoms with van der Waals surface area (Å²) in [4.78, 5) is 12.8. The number of rotatable bonds is 5. The third kappa shape index (κ3) is 3.95. The van der Waals surface area contributed by atoms with Gasteiger partial charge in [-0.05, 0) is 34.9 Å². The van der Waals surface area contributed by atoms with Crippen molar-refractivity contribution >= 4 is 34.1 Å². The topological polar surface area (TPSA) is 86.5 Å². The van der Waals surface area contributed by atoms with Gasteiger partial charge in [0.2, 0.25) is 17.7 Å². The van der Waals surface area contributed by atoms with E-state index in [4.69, 9.17) is 16.3 Å². The van der Waals surface area contributed by atoms with Crippen molar-refractivity contribution in [3.63, 3.8) is 0 Å². The zero-order valence-corrected chi connectivity index (χ0v) is 17.4. The fourth-order valence-electron chi connectivity index (χ4n) is 3.41.